The summed E-state index contributed by atoms with van der Waals surface area (Å²) in [5, 5.41) is 0. The number of allylic oxidation sites excluding steroid dienone is 2. The van der Waals surface area contributed by atoms with Crippen LogP contribution in [0.2, 0.25) is 0 Å². The Morgan fingerprint density at radius 2 is 1.39 bits per heavy atom. The molecular formula is C23H44FO6P. The summed E-state index contributed by atoms with van der Waals surface area (Å²) in [7, 11) is -1.39. The maximum atomic E-state index is 13.0. The smallest absolute Gasteiger partial charge is 0.457 e. The average molecular weight is 467 g/mol. The number of halogens is 1. The van der Waals surface area contributed by atoms with E-state index in [-0.39, 0.29) is 13.0 Å². The monoisotopic (exact) mass is 466 g/mol. The first-order chi connectivity index (χ1) is 15.0. The quantitative estimate of drug-likeness (QED) is 0.0720. The molecule has 0 aliphatic carbocycles. The second-order valence-corrected chi connectivity index (χ2v) is 9.59. The lowest BCUT2D eigenvalue weighted by atomic mass is 10.1. The van der Waals surface area contributed by atoms with Crippen LogP contribution in [0.5, 0.6) is 0 Å². The van der Waals surface area contributed by atoms with Gasteiger partial charge in [0.2, 0.25) is 0 Å². The maximum Gasteiger partial charge on any atom is 0.474 e. The zero-order chi connectivity index (χ0) is 23.2. The molecule has 0 saturated carbocycles. The van der Waals surface area contributed by atoms with Gasteiger partial charge in [0.1, 0.15) is 6.67 Å². The highest BCUT2D eigenvalue weighted by atomic mass is 31.2. The molecule has 0 aliphatic rings. The van der Waals surface area contributed by atoms with Gasteiger partial charge in [0.05, 0.1) is 6.61 Å². The predicted molar refractivity (Wildman–Crippen MR) is 123 cm³/mol. The first-order valence-electron chi connectivity index (χ1n) is 11.8. The lowest BCUT2D eigenvalue weighted by Crippen LogP contribution is -2.25. The molecule has 1 atom stereocenters. The van der Waals surface area contributed by atoms with E-state index in [0.717, 1.165) is 46.3 Å². The molecular weight excluding hydrogens is 422 g/mol. The molecule has 0 aromatic carbocycles. The number of alkyl halides is 1. The molecule has 0 saturated heterocycles. The Labute approximate surface area is 188 Å². The van der Waals surface area contributed by atoms with E-state index in [9.17, 15) is 13.8 Å². The van der Waals surface area contributed by atoms with Crippen LogP contribution in [0.3, 0.4) is 0 Å². The van der Waals surface area contributed by atoms with Crippen molar-refractivity contribution in [1.29, 1.82) is 0 Å². The van der Waals surface area contributed by atoms with Crippen LogP contribution < -0.4 is 0 Å². The van der Waals surface area contributed by atoms with Crippen LogP contribution in [0.25, 0.3) is 0 Å². The Hall–Kier alpha value is -0.750. The van der Waals surface area contributed by atoms with Crippen molar-refractivity contribution >= 4 is 13.8 Å². The van der Waals surface area contributed by atoms with Gasteiger partial charge >= 0.3 is 13.8 Å². The summed E-state index contributed by atoms with van der Waals surface area (Å²) in [6.45, 7) is 0.936. The number of phosphoric ester groups is 1. The molecule has 0 spiro atoms. The van der Waals surface area contributed by atoms with Gasteiger partial charge in [0, 0.05) is 20.6 Å². The summed E-state index contributed by atoms with van der Waals surface area (Å²) >= 11 is 0. The highest BCUT2D eigenvalue weighted by Gasteiger charge is 2.26. The van der Waals surface area contributed by atoms with Gasteiger partial charge in [-0.2, -0.15) is 0 Å². The number of phosphoric acid groups is 1. The number of rotatable bonds is 22. The van der Waals surface area contributed by atoms with Crippen molar-refractivity contribution in [3.8, 4) is 0 Å². The number of hydrogen-bond donors (Lipinski definition) is 0. The SMILES string of the molecule is CCCCCCCC/C=C\CCCCCCCC(=O)O[C@@H](CF)COP(=O)(OC)OC. The van der Waals surface area contributed by atoms with Crippen molar-refractivity contribution in [2.45, 2.75) is 103 Å². The molecule has 0 bridgehead atoms. The zero-order valence-electron chi connectivity index (χ0n) is 19.8. The van der Waals surface area contributed by atoms with Crippen molar-refractivity contribution < 1.29 is 32.1 Å². The molecule has 184 valence electrons. The van der Waals surface area contributed by atoms with E-state index in [1.165, 1.54) is 44.9 Å². The number of esters is 1. The Morgan fingerprint density at radius 1 is 0.871 bits per heavy atom. The molecule has 8 heteroatoms. The molecule has 0 unspecified atom stereocenters. The second kappa shape index (κ2) is 21.1. The standard InChI is InChI=1S/C23H44FO6P/c1-4-5-6-7-8-9-10-11-12-13-14-15-16-17-18-19-23(25)30-22(20-24)21-29-31(26,27-2)28-3/h11-12,22H,4-10,13-21H2,1-3H3/b12-11-/t22-/m0/s1. The molecule has 31 heavy (non-hydrogen) atoms. The van der Waals surface area contributed by atoms with Crippen LogP contribution in [-0.4, -0.2) is 39.6 Å². The van der Waals surface area contributed by atoms with Gasteiger partial charge in [-0.25, -0.2) is 8.96 Å². The van der Waals surface area contributed by atoms with E-state index in [2.05, 4.69) is 28.1 Å². The summed E-state index contributed by atoms with van der Waals surface area (Å²) < 4.78 is 43.8. The van der Waals surface area contributed by atoms with Crippen molar-refractivity contribution in [3.63, 3.8) is 0 Å². The van der Waals surface area contributed by atoms with Crippen LogP contribution in [-0.2, 0) is 27.7 Å². The van der Waals surface area contributed by atoms with E-state index in [4.69, 9.17) is 9.26 Å². The van der Waals surface area contributed by atoms with Crippen molar-refractivity contribution in [1.82, 2.24) is 0 Å². The van der Waals surface area contributed by atoms with Crippen LogP contribution in [0.1, 0.15) is 96.8 Å². The Morgan fingerprint density at radius 3 is 1.90 bits per heavy atom. The molecule has 0 heterocycles. The minimum atomic E-state index is -3.71. The van der Waals surface area contributed by atoms with E-state index >= 15 is 0 Å². The summed E-state index contributed by atoms with van der Waals surface area (Å²) in [6, 6.07) is 0. The fraction of sp³-hybridized carbons (Fsp3) is 0.870. The third-order valence-corrected chi connectivity index (χ3v) is 6.34. The van der Waals surface area contributed by atoms with Gasteiger partial charge in [0.15, 0.2) is 6.10 Å². The van der Waals surface area contributed by atoms with Gasteiger partial charge < -0.3 is 4.74 Å². The van der Waals surface area contributed by atoms with E-state index in [0.29, 0.717) is 6.42 Å². The van der Waals surface area contributed by atoms with Gasteiger partial charge in [-0.1, -0.05) is 70.4 Å². The topological polar surface area (TPSA) is 71.1 Å². The van der Waals surface area contributed by atoms with Crippen LogP contribution in [0.4, 0.5) is 4.39 Å². The molecule has 0 radical (unpaired) electrons. The normalized spacial score (nSPS) is 13.0. The van der Waals surface area contributed by atoms with Crippen LogP contribution >= 0.6 is 7.82 Å². The second-order valence-electron chi connectivity index (χ2n) is 7.71. The molecule has 0 aliphatic heterocycles. The van der Waals surface area contributed by atoms with Gasteiger partial charge in [-0.05, 0) is 32.1 Å². The molecule has 0 aromatic heterocycles. The fourth-order valence-corrected chi connectivity index (χ4v) is 3.76. The molecule has 0 amide bonds. The Balaban J connectivity index is 3.62. The van der Waals surface area contributed by atoms with Gasteiger partial charge in [-0.15, -0.1) is 0 Å². The highest BCUT2D eigenvalue weighted by molar-refractivity contribution is 7.48. The van der Waals surface area contributed by atoms with Gasteiger partial charge in [0.25, 0.3) is 0 Å². The van der Waals surface area contributed by atoms with E-state index in [1.807, 2.05) is 0 Å². The first kappa shape index (κ1) is 30.2. The summed E-state index contributed by atoms with van der Waals surface area (Å²) in [6.07, 6.45) is 19.1. The minimum Gasteiger partial charge on any atom is -0.457 e. The summed E-state index contributed by atoms with van der Waals surface area (Å²) in [5.74, 6) is -0.478. The summed E-state index contributed by atoms with van der Waals surface area (Å²) in [5.41, 5.74) is 0. The molecule has 0 rings (SSSR count). The lowest BCUT2D eigenvalue weighted by molar-refractivity contribution is -0.152. The number of carbonyl (C=O) groups is 1. The van der Waals surface area contributed by atoms with E-state index in [1.54, 1.807) is 0 Å². The highest BCUT2D eigenvalue weighted by Crippen LogP contribution is 2.47. The minimum absolute atomic E-state index is 0.237. The van der Waals surface area contributed by atoms with Crippen LogP contribution in [0.15, 0.2) is 12.2 Å². The number of carbonyl (C=O) groups excluding carboxylic acids is 1. The Bertz CT molecular complexity index is 492. The van der Waals surface area contributed by atoms with Gasteiger partial charge in [-0.3, -0.25) is 18.4 Å². The number of ether oxygens (including phenoxy) is 1. The predicted octanol–water partition coefficient (Wildman–Crippen LogP) is 7.32. The molecule has 6 nitrogen and oxygen atoms in total. The van der Waals surface area contributed by atoms with Crippen molar-refractivity contribution in [2.24, 2.45) is 0 Å². The third kappa shape index (κ3) is 18.5. The largest absolute Gasteiger partial charge is 0.474 e. The maximum absolute atomic E-state index is 13.0. The number of unbranched alkanes of at least 4 members (excludes halogenated alkanes) is 11. The average Bonchev–Trinajstić information content (AvgIpc) is 2.78. The Kier molecular flexibility index (Phi) is 20.6. The van der Waals surface area contributed by atoms with E-state index < -0.39 is 26.6 Å². The molecule has 0 aromatic rings. The first-order valence-corrected chi connectivity index (χ1v) is 13.2. The molecule has 0 N–H and O–H groups in total. The van der Waals surface area contributed by atoms with Crippen LogP contribution in [0, 0.1) is 0 Å². The zero-order valence-corrected chi connectivity index (χ0v) is 20.7. The van der Waals surface area contributed by atoms with Crippen molar-refractivity contribution in [2.75, 3.05) is 27.5 Å². The number of hydrogen-bond acceptors (Lipinski definition) is 6. The van der Waals surface area contributed by atoms with Crippen molar-refractivity contribution in [3.05, 3.63) is 12.2 Å². The molecule has 0 fully saturated rings. The lowest BCUT2D eigenvalue weighted by Gasteiger charge is -2.18. The fourth-order valence-electron chi connectivity index (χ4n) is 3.05. The summed E-state index contributed by atoms with van der Waals surface area (Å²) in [4.78, 5) is 11.8. The third-order valence-electron chi connectivity index (χ3n) is 4.98.